The topological polar surface area (TPSA) is 38.3 Å². The summed E-state index contributed by atoms with van der Waals surface area (Å²) in [7, 11) is 1.59. The van der Waals surface area contributed by atoms with Crippen molar-refractivity contribution < 1.29 is 9.53 Å². The molecule has 1 amide bonds. The van der Waals surface area contributed by atoms with Crippen molar-refractivity contribution in [2.75, 3.05) is 7.11 Å². The molecule has 0 aliphatic carbocycles. The Morgan fingerprint density at radius 2 is 2.07 bits per heavy atom. The van der Waals surface area contributed by atoms with E-state index >= 15 is 0 Å². The van der Waals surface area contributed by atoms with Crippen LogP contribution in [0.25, 0.3) is 0 Å². The molecule has 1 aromatic rings. The Kier molecular flexibility index (Phi) is 2.72. The Bertz CT molecular complexity index is 384. The largest absolute Gasteiger partial charge is 0.499 e. The predicted octanol–water partition coefficient (Wildman–Crippen LogP) is 1.26. The summed E-state index contributed by atoms with van der Waals surface area (Å²) in [5.41, 5.74) is 1.19. The van der Waals surface area contributed by atoms with Crippen molar-refractivity contribution >= 4 is 5.91 Å². The molecule has 1 aliphatic rings. The number of nitrogens with one attached hydrogen (secondary N) is 1. The third-order valence-electron chi connectivity index (χ3n) is 2.45. The van der Waals surface area contributed by atoms with Gasteiger partial charge in [-0.15, -0.1) is 0 Å². The number of ether oxygens (including phenoxy) is 1. The van der Waals surface area contributed by atoms with Gasteiger partial charge < -0.3 is 10.1 Å². The van der Waals surface area contributed by atoms with E-state index in [4.69, 9.17) is 4.74 Å². The van der Waals surface area contributed by atoms with Gasteiger partial charge in [-0.3, -0.25) is 4.79 Å². The Hall–Kier alpha value is -1.77. The first kappa shape index (κ1) is 9.77. The summed E-state index contributed by atoms with van der Waals surface area (Å²) in [4.78, 5) is 11.1. The monoisotopic (exact) mass is 203 g/mol. The molecule has 3 nitrogen and oxygen atoms in total. The first-order valence-electron chi connectivity index (χ1n) is 4.89. The van der Waals surface area contributed by atoms with E-state index in [-0.39, 0.29) is 11.9 Å². The highest BCUT2D eigenvalue weighted by atomic mass is 16.5. The van der Waals surface area contributed by atoms with Gasteiger partial charge in [-0.25, -0.2) is 0 Å². The average molecular weight is 203 g/mol. The second kappa shape index (κ2) is 4.17. The molecule has 0 radical (unpaired) electrons. The molecule has 1 aliphatic heterocycles. The number of amides is 1. The maximum absolute atomic E-state index is 11.1. The van der Waals surface area contributed by atoms with Crippen LogP contribution in [0.5, 0.6) is 0 Å². The first-order valence-corrected chi connectivity index (χ1v) is 4.89. The van der Waals surface area contributed by atoms with E-state index in [1.165, 1.54) is 11.6 Å². The van der Waals surface area contributed by atoms with Crippen LogP contribution in [-0.4, -0.2) is 19.1 Å². The van der Waals surface area contributed by atoms with Crippen LogP contribution in [0.1, 0.15) is 5.56 Å². The molecule has 1 heterocycles. The molecule has 0 spiro atoms. The van der Waals surface area contributed by atoms with Gasteiger partial charge in [0.15, 0.2) is 0 Å². The molecule has 1 N–H and O–H groups in total. The SMILES string of the molecule is COC1=CC(=O)N[C@H]1Cc1ccccc1. The number of carbonyl (C=O) groups excluding carboxylic acids is 1. The number of benzene rings is 1. The second-order valence-corrected chi connectivity index (χ2v) is 3.50. The van der Waals surface area contributed by atoms with Gasteiger partial charge in [0.2, 0.25) is 5.91 Å². The minimum Gasteiger partial charge on any atom is -0.499 e. The Morgan fingerprint density at radius 1 is 1.33 bits per heavy atom. The van der Waals surface area contributed by atoms with Gasteiger partial charge in [0.1, 0.15) is 5.76 Å². The summed E-state index contributed by atoms with van der Waals surface area (Å²) in [5, 5.41) is 2.85. The van der Waals surface area contributed by atoms with Gasteiger partial charge in [-0.05, 0) is 12.0 Å². The average Bonchev–Trinajstić information content (AvgIpc) is 2.60. The smallest absolute Gasteiger partial charge is 0.248 e. The molecular formula is C12H13NO2. The summed E-state index contributed by atoms with van der Waals surface area (Å²) in [6.07, 6.45) is 2.28. The second-order valence-electron chi connectivity index (χ2n) is 3.50. The normalized spacial score (nSPS) is 19.7. The molecule has 0 unspecified atom stereocenters. The van der Waals surface area contributed by atoms with Crippen molar-refractivity contribution in [3.63, 3.8) is 0 Å². The Balaban J connectivity index is 2.08. The molecule has 1 atom stereocenters. The molecule has 78 valence electrons. The van der Waals surface area contributed by atoms with Gasteiger partial charge in [0.05, 0.1) is 13.2 Å². The lowest BCUT2D eigenvalue weighted by Gasteiger charge is -2.13. The van der Waals surface area contributed by atoms with E-state index in [9.17, 15) is 4.79 Å². The van der Waals surface area contributed by atoms with Crippen molar-refractivity contribution in [3.8, 4) is 0 Å². The van der Waals surface area contributed by atoms with Gasteiger partial charge in [0.25, 0.3) is 0 Å². The predicted molar refractivity (Wildman–Crippen MR) is 57.2 cm³/mol. The summed E-state index contributed by atoms with van der Waals surface area (Å²) in [6.45, 7) is 0. The maximum atomic E-state index is 11.1. The fourth-order valence-electron chi connectivity index (χ4n) is 1.72. The number of hydrogen-bond donors (Lipinski definition) is 1. The van der Waals surface area contributed by atoms with Crippen LogP contribution in [0.3, 0.4) is 0 Å². The van der Waals surface area contributed by atoms with Crippen LogP contribution in [0.15, 0.2) is 42.2 Å². The van der Waals surface area contributed by atoms with Crippen molar-refractivity contribution in [2.45, 2.75) is 12.5 Å². The number of carbonyl (C=O) groups is 1. The Labute approximate surface area is 88.8 Å². The van der Waals surface area contributed by atoms with E-state index in [2.05, 4.69) is 5.32 Å². The lowest BCUT2D eigenvalue weighted by molar-refractivity contribution is -0.116. The van der Waals surface area contributed by atoms with E-state index in [0.717, 1.165) is 6.42 Å². The standard InChI is InChI=1S/C12H13NO2/c1-15-11-8-12(14)13-10(11)7-9-5-3-2-4-6-9/h2-6,8,10H,7H2,1H3,(H,13,14)/t10-/m0/s1. The fourth-order valence-corrected chi connectivity index (χ4v) is 1.72. The zero-order valence-electron chi connectivity index (χ0n) is 8.57. The molecule has 2 rings (SSSR count). The van der Waals surface area contributed by atoms with Crippen LogP contribution in [0.4, 0.5) is 0 Å². The van der Waals surface area contributed by atoms with E-state index in [1.54, 1.807) is 7.11 Å². The quantitative estimate of drug-likeness (QED) is 0.803. The zero-order chi connectivity index (χ0) is 10.7. The molecule has 0 saturated carbocycles. The number of hydrogen-bond acceptors (Lipinski definition) is 2. The van der Waals surface area contributed by atoms with Crippen LogP contribution >= 0.6 is 0 Å². The summed E-state index contributed by atoms with van der Waals surface area (Å²) in [6, 6.07) is 10.0. The molecule has 0 saturated heterocycles. The highest BCUT2D eigenvalue weighted by molar-refractivity contribution is 5.91. The lowest BCUT2D eigenvalue weighted by Crippen LogP contribution is -2.30. The molecule has 0 bridgehead atoms. The molecule has 0 aromatic heterocycles. The number of rotatable bonds is 3. The van der Waals surface area contributed by atoms with Gasteiger partial charge in [-0.2, -0.15) is 0 Å². The molecular weight excluding hydrogens is 190 g/mol. The third kappa shape index (κ3) is 2.18. The van der Waals surface area contributed by atoms with E-state index in [0.29, 0.717) is 5.76 Å². The lowest BCUT2D eigenvalue weighted by atomic mass is 10.1. The minimum atomic E-state index is -0.0761. The van der Waals surface area contributed by atoms with Crippen LogP contribution in [0.2, 0.25) is 0 Å². The number of methoxy groups -OCH3 is 1. The molecule has 0 fully saturated rings. The van der Waals surface area contributed by atoms with Crippen molar-refractivity contribution in [1.29, 1.82) is 0 Å². The molecule has 1 aromatic carbocycles. The maximum Gasteiger partial charge on any atom is 0.248 e. The van der Waals surface area contributed by atoms with Crippen molar-refractivity contribution in [1.82, 2.24) is 5.32 Å². The third-order valence-corrected chi connectivity index (χ3v) is 2.45. The summed E-state index contributed by atoms with van der Waals surface area (Å²) in [5.74, 6) is 0.636. The van der Waals surface area contributed by atoms with Crippen molar-refractivity contribution in [2.24, 2.45) is 0 Å². The van der Waals surface area contributed by atoms with Gasteiger partial charge >= 0.3 is 0 Å². The van der Waals surface area contributed by atoms with Gasteiger partial charge in [0, 0.05) is 6.08 Å². The summed E-state index contributed by atoms with van der Waals surface area (Å²) < 4.78 is 5.14. The Morgan fingerprint density at radius 3 is 2.73 bits per heavy atom. The van der Waals surface area contributed by atoms with Crippen LogP contribution in [-0.2, 0) is 16.0 Å². The molecule has 15 heavy (non-hydrogen) atoms. The van der Waals surface area contributed by atoms with E-state index in [1.807, 2.05) is 30.3 Å². The van der Waals surface area contributed by atoms with E-state index < -0.39 is 0 Å². The van der Waals surface area contributed by atoms with Crippen LogP contribution in [0, 0.1) is 0 Å². The minimum absolute atomic E-state index is 0.0232. The fraction of sp³-hybridized carbons (Fsp3) is 0.250. The van der Waals surface area contributed by atoms with Crippen LogP contribution < -0.4 is 5.32 Å². The highest BCUT2D eigenvalue weighted by Crippen LogP contribution is 2.15. The zero-order valence-corrected chi connectivity index (χ0v) is 8.57. The molecule has 3 heteroatoms. The highest BCUT2D eigenvalue weighted by Gasteiger charge is 2.24. The van der Waals surface area contributed by atoms with Crippen molar-refractivity contribution in [3.05, 3.63) is 47.7 Å². The van der Waals surface area contributed by atoms with Gasteiger partial charge in [-0.1, -0.05) is 30.3 Å². The summed E-state index contributed by atoms with van der Waals surface area (Å²) >= 11 is 0. The first-order chi connectivity index (χ1) is 7.29.